The van der Waals surface area contributed by atoms with Crippen LogP contribution in [0.25, 0.3) is 0 Å². The molecule has 0 spiro atoms. The van der Waals surface area contributed by atoms with E-state index in [-0.39, 0.29) is 10.6 Å². The molecule has 0 radical (unpaired) electrons. The largest absolute Gasteiger partial charge is 0.497 e. The van der Waals surface area contributed by atoms with Crippen LogP contribution in [-0.2, 0) is 0 Å². The molecule has 0 aliphatic carbocycles. The number of benzene rings is 1. The summed E-state index contributed by atoms with van der Waals surface area (Å²) in [5, 5.41) is 12.1. The fraction of sp³-hybridized carbons (Fsp3) is 0.0769. The van der Waals surface area contributed by atoms with Crippen LogP contribution in [0.3, 0.4) is 0 Å². The van der Waals surface area contributed by atoms with Gasteiger partial charge in [0.15, 0.2) is 0 Å². The number of aromatic nitrogens is 1. The zero-order chi connectivity index (χ0) is 14.7. The first-order valence-electron chi connectivity index (χ1n) is 5.50. The lowest BCUT2D eigenvalue weighted by molar-refractivity contribution is 0.0696. The third-order valence-electron chi connectivity index (χ3n) is 2.46. The fourth-order valence-corrected chi connectivity index (χ4v) is 2.22. The van der Waals surface area contributed by atoms with E-state index in [4.69, 9.17) is 21.4 Å². The van der Waals surface area contributed by atoms with E-state index in [0.717, 1.165) is 4.47 Å². The Morgan fingerprint density at radius 1 is 1.40 bits per heavy atom. The van der Waals surface area contributed by atoms with Gasteiger partial charge in [0.25, 0.3) is 0 Å². The minimum atomic E-state index is -1.07. The number of nitrogens with one attached hydrogen (secondary N) is 1. The Morgan fingerprint density at radius 2 is 2.15 bits per heavy atom. The van der Waals surface area contributed by atoms with Crippen molar-refractivity contribution in [2.45, 2.75) is 0 Å². The van der Waals surface area contributed by atoms with Crippen LogP contribution in [-0.4, -0.2) is 23.2 Å². The number of hydrogen-bond donors (Lipinski definition) is 2. The van der Waals surface area contributed by atoms with Crippen molar-refractivity contribution in [2.24, 2.45) is 0 Å². The highest BCUT2D eigenvalue weighted by Crippen LogP contribution is 2.29. The molecule has 0 fully saturated rings. The standard InChI is InChI=1S/C13H10BrClN2O3/c1-20-10-4-8(14)3-9(5-10)17-12-11(15)2-7(6-16-12)13(18)19/h2-6H,1H3,(H,16,17)(H,18,19). The second-order valence-corrected chi connectivity index (χ2v) is 5.19. The number of aromatic carboxylic acids is 1. The summed E-state index contributed by atoms with van der Waals surface area (Å²) >= 11 is 9.37. The lowest BCUT2D eigenvalue weighted by Crippen LogP contribution is -2.00. The minimum Gasteiger partial charge on any atom is -0.497 e. The van der Waals surface area contributed by atoms with Crippen LogP contribution >= 0.6 is 27.5 Å². The Balaban J connectivity index is 2.30. The summed E-state index contributed by atoms with van der Waals surface area (Å²) in [7, 11) is 1.57. The van der Waals surface area contributed by atoms with Gasteiger partial charge in [-0.1, -0.05) is 27.5 Å². The van der Waals surface area contributed by atoms with Crippen molar-refractivity contribution in [1.29, 1.82) is 0 Å². The second kappa shape index (κ2) is 6.11. The van der Waals surface area contributed by atoms with Crippen LogP contribution in [0.5, 0.6) is 5.75 Å². The maximum atomic E-state index is 10.8. The number of ether oxygens (including phenoxy) is 1. The van der Waals surface area contributed by atoms with Gasteiger partial charge >= 0.3 is 5.97 Å². The smallest absolute Gasteiger partial charge is 0.337 e. The highest BCUT2D eigenvalue weighted by Gasteiger charge is 2.09. The van der Waals surface area contributed by atoms with Gasteiger partial charge in [-0.05, 0) is 18.2 Å². The van der Waals surface area contributed by atoms with Crippen molar-refractivity contribution < 1.29 is 14.6 Å². The number of pyridine rings is 1. The molecular formula is C13H10BrClN2O3. The number of carbonyl (C=O) groups is 1. The van der Waals surface area contributed by atoms with Crippen LogP contribution in [0.2, 0.25) is 5.02 Å². The molecule has 1 heterocycles. The lowest BCUT2D eigenvalue weighted by atomic mass is 10.2. The van der Waals surface area contributed by atoms with E-state index in [0.29, 0.717) is 17.3 Å². The van der Waals surface area contributed by atoms with Crippen molar-refractivity contribution in [1.82, 2.24) is 4.98 Å². The van der Waals surface area contributed by atoms with Crippen molar-refractivity contribution in [3.05, 3.63) is 45.5 Å². The van der Waals surface area contributed by atoms with Gasteiger partial charge in [-0.3, -0.25) is 0 Å². The molecule has 0 bridgehead atoms. The average Bonchev–Trinajstić information content (AvgIpc) is 2.40. The normalized spacial score (nSPS) is 10.2. The zero-order valence-corrected chi connectivity index (χ0v) is 12.7. The molecule has 2 N–H and O–H groups in total. The Kier molecular flexibility index (Phi) is 4.46. The first kappa shape index (κ1) is 14.6. The molecule has 1 aromatic heterocycles. The third-order valence-corrected chi connectivity index (χ3v) is 3.20. The van der Waals surface area contributed by atoms with Crippen molar-refractivity contribution in [3.8, 4) is 5.75 Å². The Bertz CT molecular complexity index is 664. The van der Waals surface area contributed by atoms with E-state index in [1.165, 1.54) is 12.3 Å². The summed E-state index contributed by atoms with van der Waals surface area (Å²) in [6, 6.07) is 6.75. The van der Waals surface area contributed by atoms with E-state index in [1.807, 2.05) is 12.1 Å². The Labute approximate surface area is 128 Å². The quantitative estimate of drug-likeness (QED) is 0.867. The number of anilines is 2. The van der Waals surface area contributed by atoms with Gasteiger partial charge in [0.2, 0.25) is 0 Å². The molecule has 2 aromatic rings. The highest BCUT2D eigenvalue weighted by molar-refractivity contribution is 9.10. The van der Waals surface area contributed by atoms with Gasteiger partial charge in [-0.15, -0.1) is 0 Å². The van der Waals surface area contributed by atoms with Gasteiger partial charge < -0.3 is 15.2 Å². The first-order valence-corrected chi connectivity index (χ1v) is 6.67. The molecule has 5 nitrogen and oxygen atoms in total. The average molecular weight is 358 g/mol. The minimum absolute atomic E-state index is 0.0346. The Morgan fingerprint density at radius 3 is 2.75 bits per heavy atom. The molecule has 0 unspecified atom stereocenters. The summed E-state index contributed by atoms with van der Waals surface area (Å²) < 4.78 is 5.98. The molecule has 0 aliphatic heterocycles. The number of methoxy groups -OCH3 is 1. The predicted octanol–water partition coefficient (Wildman–Crippen LogP) is 3.95. The molecule has 104 valence electrons. The number of carboxylic acids is 1. The Hall–Kier alpha value is -1.79. The van der Waals surface area contributed by atoms with Gasteiger partial charge in [-0.2, -0.15) is 0 Å². The molecule has 0 saturated carbocycles. The number of halogens is 2. The highest BCUT2D eigenvalue weighted by atomic mass is 79.9. The lowest BCUT2D eigenvalue weighted by Gasteiger charge is -2.10. The summed E-state index contributed by atoms with van der Waals surface area (Å²) in [5.41, 5.74) is 0.751. The zero-order valence-electron chi connectivity index (χ0n) is 10.4. The van der Waals surface area contributed by atoms with Crippen LogP contribution in [0.15, 0.2) is 34.9 Å². The van der Waals surface area contributed by atoms with Crippen molar-refractivity contribution in [3.63, 3.8) is 0 Å². The number of hydrogen-bond acceptors (Lipinski definition) is 4. The monoisotopic (exact) mass is 356 g/mol. The molecule has 2 rings (SSSR count). The molecule has 20 heavy (non-hydrogen) atoms. The fourth-order valence-electron chi connectivity index (χ4n) is 1.54. The summed E-state index contributed by atoms with van der Waals surface area (Å²) in [4.78, 5) is 14.8. The molecule has 1 aromatic carbocycles. The number of rotatable bonds is 4. The van der Waals surface area contributed by atoms with Crippen molar-refractivity contribution in [2.75, 3.05) is 12.4 Å². The maximum Gasteiger partial charge on any atom is 0.337 e. The van der Waals surface area contributed by atoms with Gasteiger partial charge in [0.1, 0.15) is 11.6 Å². The van der Waals surface area contributed by atoms with Crippen LogP contribution in [0, 0.1) is 0 Å². The molecule has 0 aliphatic rings. The second-order valence-electron chi connectivity index (χ2n) is 3.86. The van der Waals surface area contributed by atoms with Gasteiger partial charge in [-0.25, -0.2) is 9.78 Å². The number of carboxylic acid groups (broad SMARTS) is 1. The predicted molar refractivity (Wildman–Crippen MR) is 80.2 cm³/mol. The van der Waals surface area contributed by atoms with Crippen LogP contribution in [0.4, 0.5) is 11.5 Å². The number of nitrogens with zero attached hydrogens (tertiary/aromatic N) is 1. The van der Waals surface area contributed by atoms with E-state index >= 15 is 0 Å². The maximum absolute atomic E-state index is 10.8. The van der Waals surface area contributed by atoms with Gasteiger partial charge in [0, 0.05) is 22.4 Å². The van der Waals surface area contributed by atoms with Crippen molar-refractivity contribution >= 4 is 45.0 Å². The van der Waals surface area contributed by atoms with E-state index in [1.54, 1.807) is 13.2 Å². The molecule has 7 heteroatoms. The van der Waals surface area contributed by atoms with E-state index in [2.05, 4.69) is 26.2 Å². The molecule has 0 atom stereocenters. The summed E-state index contributed by atoms with van der Waals surface area (Å²) in [6.07, 6.45) is 1.24. The SMILES string of the molecule is COc1cc(Br)cc(Nc2ncc(C(=O)O)cc2Cl)c1. The molecular weight excluding hydrogens is 348 g/mol. The molecule has 0 amide bonds. The van der Waals surface area contributed by atoms with E-state index < -0.39 is 5.97 Å². The van der Waals surface area contributed by atoms with Gasteiger partial charge in [0.05, 0.1) is 17.7 Å². The topological polar surface area (TPSA) is 71.5 Å². The van der Waals surface area contributed by atoms with Crippen LogP contribution in [0.1, 0.15) is 10.4 Å². The van der Waals surface area contributed by atoms with Crippen LogP contribution < -0.4 is 10.1 Å². The van der Waals surface area contributed by atoms with E-state index in [9.17, 15) is 4.79 Å². The summed E-state index contributed by atoms with van der Waals surface area (Å²) in [6.45, 7) is 0. The molecule has 0 saturated heterocycles. The summed E-state index contributed by atoms with van der Waals surface area (Å²) in [5.74, 6) is -0.0351. The first-order chi connectivity index (χ1) is 9.49. The third kappa shape index (κ3) is 3.40.